The summed E-state index contributed by atoms with van der Waals surface area (Å²) in [5, 5.41) is 3.47. The first kappa shape index (κ1) is 19.0. The van der Waals surface area contributed by atoms with Crippen LogP contribution in [0.2, 0.25) is 5.02 Å². The number of thiophene rings is 1. The van der Waals surface area contributed by atoms with Crippen LogP contribution in [0.5, 0.6) is 0 Å². The molecule has 0 bridgehead atoms. The lowest BCUT2D eigenvalue weighted by atomic mass is 10.2. The Morgan fingerprint density at radius 3 is 2.85 bits per heavy atom. The number of hydrogen-bond donors (Lipinski definition) is 1. The maximum Gasteiger partial charge on any atom is 0.320 e. The summed E-state index contributed by atoms with van der Waals surface area (Å²) < 4.78 is 5.65. The van der Waals surface area contributed by atoms with Gasteiger partial charge in [-0.15, -0.1) is 23.1 Å². The van der Waals surface area contributed by atoms with Gasteiger partial charge in [-0.1, -0.05) is 29.8 Å². The summed E-state index contributed by atoms with van der Waals surface area (Å²) in [6.45, 7) is 0.689. The number of nitrogens with one attached hydrogen (secondary N) is 1. The number of nitrogens with zero attached hydrogens (tertiary/aromatic N) is 1. The monoisotopic (exact) mass is 412 g/mol. The molecule has 0 radical (unpaired) electrons. The summed E-state index contributed by atoms with van der Waals surface area (Å²) in [4.78, 5) is 38.4. The van der Waals surface area contributed by atoms with Crippen LogP contribution in [0.15, 0.2) is 24.3 Å². The molecule has 1 aliphatic heterocycles. The summed E-state index contributed by atoms with van der Waals surface area (Å²) >= 11 is 9.05. The quantitative estimate of drug-likeness (QED) is 0.780. The molecule has 2 aromatic rings. The Bertz CT molecular complexity index is 854. The first-order chi connectivity index (χ1) is 12.5. The second-order valence-corrected chi connectivity index (χ2v) is 8.39. The molecule has 1 aliphatic rings. The number of amides is 2. The summed E-state index contributed by atoms with van der Waals surface area (Å²) in [5.74, 6) is -0.291. The fourth-order valence-electron chi connectivity index (χ4n) is 2.66. The van der Waals surface area contributed by atoms with Gasteiger partial charge in [-0.3, -0.25) is 14.4 Å². The molecule has 0 spiro atoms. The van der Waals surface area contributed by atoms with Crippen LogP contribution in [-0.2, 0) is 14.3 Å². The van der Waals surface area contributed by atoms with E-state index in [2.05, 4.69) is 5.32 Å². The lowest BCUT2D eigenvalue weighted by molar-refractivity contribution is -0.141. The number of methoxy groups -OCH3 is 1. The number of halogens is 1. The molecule has 1 saturated heterocycles. The van der Waals surface area contributed by atoms with Gasteiger partial charge in [0, 0.05) is 28.9 Å². The molecule has 0 aliphatic carbocycles. The molecule has 1 atom stereocenters. The largest absolute Gasteiger partial charge is 0.468 e. The topological polar surface area (TPSA) is 75.7 Å². The molecule has 0 saturated carbocycles. The zero-order valence-corrected chi connectivity index (χ0v) is 16.4. The van der Waals surface area contributed by atoms with Crippen LogP contribution in [0.3, 0.4) is 0 Å². The van der Waals surface area contributed by atoms with Crippen LogP contribution >= 0.6 is 34.7 Å². The number of rotatable bonds is 4. The van der Waals surface area contributed by atoms with Gasteiger partial charge in [0.25, 0.3) is 5.91 Å². The van der Waals surface area contributed by atoms with Crippen LogP contribution < -0.4 is 5.32 Å². The van der Waals surface area contributed by atoms with Gasteiger partial charge in [0.1, 0.15) is 10.1 Å². The Morgan fingerprint density at radius 1 is 1.35 bits per heavy atom. The molecular weight excluding hydrogens is 396 g/mol. The second kappa shape index (κ2) is 8.28. The molecule has 0 unspecified atom stereocenters. The fourth-order valence-corrected chi connectivity index (χ4v) is 5.22. The Balaban J connectivity index is 1.61. The van der Waals surface area contributed by atoms with Crippen molar-refractivity contribution in [1.29, 1.82) is 0 Å². The van der Waals surface area contributed by atoms with Crippen molar-refractivity contribution in [2.45, 2.75) is 5.25 Å². The third-order valence-corrected chi connectivity index (χ3v) is 6.86. The minimum Gasteiger partial charge on any atom is -0.468 e. The van der Waals surface area contributed by atoms with Gasteiger partial charge >= 0.3 is 5.97 Å². The average Bonchev–Trinajstić information content (AvgIpc) is 3.02. The molecule has 1 aromatic heterocycles. The zero-order chi connectivity index (χ0) is 18.7. The van der Waals surface area contributed by atoms with E-state index in [-0.39, 0.29) is 36.1 Å². The number of carbonyl (C=O) groups excluding carboxylic acids is 3. The first-order valence-electron chi connectivity index (χ1n) is 7.93. The number of carbonyl (C=O) groups is 3. The molecule has 2 heterocycles. The van der Waals surface area contributed by atoms with Gasteiger partial charge in [0.2, 0.25) is 5.91 Å². The number of hydrogen-bond acceptors (Lipinski definition) is 6. The van der Waals surface area contributed by atoms with Gasteiger partial charge in [-0.25, -0.2) is 0 Å². The third-order valence-electron chi connectivity index (χ3n) is 4.02. The van der Waals surface area contributed by atoms with E-state index < -0.39 is 0 Å². The van der Waals surface area contributed by atoms with E-state index in [4.69, 9.17) is 16.3 Å². The van der Waals surface area contributed by atoms with Crippen LogP contribution in [-0.4, -0.2) is 60.4 Å². The zero-order valence-electron chi connectivity index (χ0n) is 14.0. The SMILES string of the molecule is COC(=O)[C@H]1CN(C(=O)CNC(=O)c2sc3ccccc3c2Cl)CCS1. The fraction of sp³-hybridized carbons (Fsp3) is 0.353. The molecular formula is C17H17ClN2O4S2. The van der Waals surface area contributed by atoms with E-state index in [0.717, 1.165) is 10.1 Å². The van der Waals surface area contributed by atoms with Gasteiger partial charge in [-0.2, -0.15) is 0 Å². The smallest absolute Gasteiger partial charge is 0.320 e. The second-order valence-electron chi connectivity index (χ2n) is 5.65. The Morgan fingerprint density at radius 2 is 2.12 bits per heavy atom. The number of esters is 1. The van der Waals surface area contributed by atoms with Gasteiger partial charge in [0.05, 0.1) is 18.7 Å². The normalized spacial score (nSPS) is 17.2. The number of thioether (sulfide) groups is 1. The van der Waals surface area contributed by atoms with Crippen LogP contribution in [0.4, 0.5) is 0 Å². The summed E-state index contributed by atoms with van der Waals surface area (Å²) in [6.07, 6.45) is 0. The molecule has 6 nitrogen and oxygen atoms in total. The minimum atomic E-state index is -0.384. The van der Waals surface area contributed by atoms with Gasteiger partial charge in [0.15, 0.2) is 0 Å². The average molecular weight is 413 g/mol. The lowest BCUT2D eigenvalue weighted by Crippen LogP contribution is -2.48. The predicted molar refractivity (Wildman–Crippen MR) is 104 cm³/mol. The van der Waals surface area contributed by atoms with E-state index in [0.29, 0.717) is 22.2 Å². The van der Waals surface area contributed by atoms with Crippen LogP contribution in [0.25, 0.3) is 10.1 Å². The predicted octanol–water partition coefficient (Wildman–Crippen LogP) is 2.40. The molecule has 1 aromatic carbocycles. The molecule has 1 fully saturated rings. The Labute approximate surface area is 163 Å². The van der Waals surface area contributed by atoms with E-state index in [1.54, 1.807) is 4.90 Å². The molecule has 2 amide bonds. The van der Waals surface area contributed by atoms with Crippen LogP contribution in [0.1, 0.15) is 9.67 Å². The van der Waals surface area contributed by atoms with Crippen molar-refractivity contribution in [3.8, 4) is 0 Å². The third kappa shape index (κ3) is 3.97. The Hall–Kier alpha value is -1.77. The van der Waals surface area contributed by atoms with E-state index in [1.165, 1.54) is 30.2 Å². The summed E-state index contributed by atoms with van der Waals surface area (Å²) in [5.41, 5.74) is 0. The minimum absolute atomic E-state index is 0.137. The molecule has 9 heteroatoms. The summed E-state index contributed by atoms with van der Waals surface area (Å²) in [7, 11) is 1.33. The van der Waals surface area contributed by atoms with Crippen molar-refractivity contribution >= 4 is 62.6 Å². The van der Waals surface area contributed by atoms with Crippen molar-refractivity contribution in [3.05, 3.63) is 34.2 Å². The van der Waals surface area contributed by atoms with Gasteiger partial charge in [-0.05, 0) is 6.07 Å². The highest BCUT2D eigenvalue weighted by molar-refractivity contribution is 8.00. The van der Waals surface area contributed by atoms with Crippen molar-refractivity contribution in [2.24, 2.45) is 0 Å². The molecule has 3 rings (SSSR count). The maximum atomic E-state index is 12.4. The number of benzene rings is 1. The highest BCUT2D eigenvalue weighted by Gasteiger charge is 2.29. The van der Waals surface area contributed by atoms with Crippen molar-refractivity contribution in [3.63, 3.8) is 0 Å². The lowest BCUT2D eigenvalue weighted by Gasteiger charge is -2.31. The maximum absolute atomic E-state index is 12.4. The number of fused-ring (bicyclic) bond motifs is 1. The number of ether oxygens (including phenoxy) is 1. The highest BCUT2D eigenvalue weighted by Crippen LogP contribution is 2.34. The molecule has 1 N–H and O–H groups in total. The van der Waals surface area contributed by atoms with Crippen molar-refractivity contribution in [2.75, 3.05) is 32.5 Å². The van der Waals surface area contributed by atoms with Crippen molar-refractivity contribution in [1.82, 2.24) is 10.2 Å². The van der Waals surface area contributed by atoms with E-state index in [9.17, 15) is 14.4 Å². The molecule has 138 valence electrons. The highest BCUT2D eigenvalue weighted by atomic mass is 35.5. The molecule has 26 heavy (non-hydrogen) atoms. The van der Waals surface area contributed by atoms with Crippen molar-refractivity contribution < 1.29 is 19.1 Å². The standard InChI is InChI=1S/C17H17ClN2O4S2/c1-24-17(23)12-9-20(6-7-25-12)13(21)8-19-16(22)15-14(18)10-4-2-3-5-11(10)26-15/h2-5,12H,6-9H2,1H3,(H,19,22)/t12-/m1/s1. The summed E-state index contributed by atoms with van der Waals surface area (Å²) in [6, 6.07) is 7.49. The Kier molecular flexibility index (Phi) is 6.05. The van der Waals surface area contributed by atoms with Crippen LogP contribution in [0, 0.1) is 0 Å². The van der Waals surface area contributed by atoms with E-state index >= 15 is 0 Å². The van der Waals surface area contributed by atoms with E-state index in [1.807, 2.05) is 24.3 Å². The van der Waals surface area contributed by atoms with Gasteiger partial charge < -0.3 is 15.0 Å². The first-order valence-corrected chi connectivity index (χ1v) is 10.2.